The lowest BCUT2D eigenvalue weighted by Gasteiger charge is -2.04. The van der Waals surface area contributed by atoms with E-state index in [0.29, 0.717) is 6.61 Å². The number of carboxylic acid groups (broad SMARTS) is 1. The van der Waals surface area contributed by atoms with Crippen LogP contribution in [0.3, 0.4) is 0 Å². The summed E-state index contributed by atoms with van der Waals surface area (Å²) < 4.78 is 4.96. The summed E-state index contributed by atoms with van der Waals surface area (Å²) in [5.74, 6) is -0.919. The molecule has 1 rings (SSSR count). The van der Waals surface area contributed by atoms with Crippen LogP contribution < -0.4 is 0 Å². The highest BCUT2D eigenvalue weighted by Gasteiger charge is 2.13. The molecule has 17 heavy (non-hydrogen) atoms. The Hall–Kier alpha value is -1.36. The smallest absolute Gasteiger partial charge is 0.329 e. The van der Waals surface area contributed by atoms with Crippen molar-refractivity contribution in [1.29, 1.82) is 0 Å². The second kappa shape index (κ2) is 7.84. The molecular weight excluding hydrogens is 222 g/mol. The van der Waals surface area contributed by atoms with Gasteiger partial charge >= 0.3 is 5.97 Å². The monoisotopic (exact) mass is 241 g/mol. The van der Waals surface area contributed by atoms with Crippen molar-refractivity contribution < 1.29 is 19.5 Å². The molecule has 0 amide bonds. The van der Waals surface area contributed by atoms with E-state index < -0.39 is 5.97 Å². The number of carbonyl (C=O) groups is 1. The van der Waals surface area contributed by atoms with Crippen LogP contribution in [0.1, 0.15) is 32.1 Å². The highest BCUT2D eigenvalue weighted by molar-refractivity contribution is 6.01. The SMILES string of the molecule is CO/N=C1\CCC=C1CCCCOCC(=O)O. The number of rotatable bonds is 8. The summed E-state index contributed by atoms with van der Waals surface area (Å²) in [4.78, 5) is 15.0. The maximum atomic E-state index is 10.2. The van der Waals surface area contributed by atoms with Crippen LogP contribution >= 0.6 is 0 Å². The van der Waals surface area contributed by atoms with Gasteiger partial charge in [0, 0.05) is 6.61 Å². The lowest BCUT2D eigenvalue weighted by atomic mass is 10.1. The van der Waals surface area contributed by atoms with Crippen LogP contribution in [0.25, 0.3) is 0 Å². The molecule has 0 aromatic carbocycles. The van der Waals surface area contributed by atoms with Crippen LogP contribution in [0.4, 0.5) is 0 Å². The molecule has 0 bridgehead atoms. The largest absolute Gasteiger partial charge is 0.480 e. The van der Waals surface area contributed by atoms with Gasteiger partial charge in [-0.2, -0.15) is 0 Å². The van der Waals surface area contributed by atoms with Crippen molar-refractivity contribution in [1.82, 2.24) is 0 Å². The molecule has 1 aliphatic carbocycles. The molecule has 0 aromatic rings. The fourth-order valence-corrected chi connectivity index (χ4v) is 1.80. The Bertz CT molecular complexity index is 310. The summed E-state index contributed by atoms with van der Waals surface area (Å²) in [5, 5.41) is 12.4. The first-order valence-corrected chi connectivity index (χ1v) is 5.83. The predicted octanol–water partition coefficient (Wildman–Crippen LogP) is 1.98. The summed E-state index contributed by atoms with van der Waals surface area (Å²) in [5.41, 5.74) is 2.30. The summed E-state index contributed by atoms with van der Waals surface area (Å²) in [6, 6.07) is 0. The van der Waals surface area contributed by atoms with Gasteiger partial charge in [-0.05, 0) is 37.7 Å². The molecule has 0 heterocycles. The quantitative estimate of drug-likeness (QED) is 0.521. The van der Waals surface area contributed by atoms with E-state index in [9.17, 15) is 4.79 Å². The molecule has 0 fully saturated rings. The fraction of sp³-hybridized carbons (Fsp3) is 0.667. The molecule has 1 aliphatic rings. The zero-order valence-corrected chi connectivity index (χ0v) is 10.1. The van der Waals surface area contributed by atoms with E-state index in [-0.39, 0.29) is 6.61 Å². The minimum Gasteiger partial charge on any atom is -0.480 e. The Kier molecular flexibility index (Phi) is 6.32. The van der Waals surface area contributed by atoms with E-state index >= 15 is 0 Å². The number of nitrogens with zero attached hydrogens (tertiary/aromatic N) is 1. The van der Waals surface area contributed by atoms with Crippen molar-refractivity contribution >= 4 is 11.7 Å². The molecule has 1 N–H and O–H groups in total. The van der Waals surface area contributed by atoms with E-state index in [4.69, 9.17) is 14.7 Å². The third-order valence-electron chi connectivity index (χ3n) is 2.55. The summed E-state index contributed by atoms with van der Waals surface area (Å²) in [7, 11) is 1.56. The maximum absolute atomic E-state index is 10.2. The van der Waals surface area contributed by atoms with E-state index in [1.54, 1.807) is 7.11 Å². The van der Waals surface area contributed by atoms with Crippen LogP contribution in [-0.2, 0) is 14.4 Å². The molecule has 0 aliphatic heterocycles. The molecule has 0 atom stereocenters. The molecule has 5 heteroatoms. The van der Waals surface area contributed by atoms with Gasteiger partial charge in [0.15, 0.2) is 0 Å². The first-order chi connectivity index (χ1) is 8.24. The number of hydrogen-bond acceptors (Lipinski definition) is 4. The molecular formula is C12H19NO4. The Morgan fingerprint density at radius 3 is 3.06 bits per heavy atom. The second-order valence-electron chi connectivity index (χ2n) is 3.89. The highest BCUT2D eigenvalue weighted by Crippen LogP contribution is 2.20. The van der Waals surface area contributed by atoms with Gasteiger partial charge in [0.2, 0.25) is 0 Å². The number of ether oxygens (including phenoxy) is 1. The molecule has 0 aromatic heterocycles. The summed E-state index contributed by atoms with van der Waals surface area (Å²) >= 11 is 0. The zero-order chi connectivity index (χ0) is 12.5. The van der Waals surface area contributed by atoms with Gasteiger partial charge in [-0.3, -0.25) is 0 Å². The minimum atomic E-state index is -0.919. The topological polar surface area (TPSA) is 68.1 Å². The van der Waals surface area contributed by atoms with Crippen molar-refractivity contribution in [3.63, 3.8) is 0 Å². The Balaban J connectivity index is 2.10. The van der Waals surface area contributed by atoms with Gasteiger partial charge in [-0.15, -0.1) is 0 Å². The van der Waals surface area contributed by atoms with E-state index in [1.165, 1.54) is 5.57 Å². The van der Waals surface area contributed by atoms with Gasteiger partial charge < -0.3 is 14.7 Å². The van der Waals surface area contributed by atoms with Crippen LogP contribution in [0.15, 0.2) is 16.8 Å². The Morgan fingerprint density at radius 1 is 1.53 bits per heavy atom. The number of allylic oxidation sites excluding steroid dienone is 2. The van der Waals surface area contributed by atoms with Gasteiger partial charge in [-0.25, -0.2) is 4.79 Å². The Labute approximate surface area is 101 Å². The van der Waals surface area contributed by atoms with Crippen molar-refractivity contribution in [3.8, 4) is 0 Å². The normalized spacial score (nSPS) is 17.2. The zero-order valence-electron chi connectivity index (χ0n) is 10.1. The van der Waals surface area contributed by atoms with Crippen LogP contribution in [0.2, 0.25) is 0 Å². The highest BCUT2D eigenvalue weighted by atomic mass is 16.6. The van der Waals surface area contributed by atoms with Gasteiger partial charge in [0.25, 0.3) is 0 Å². The third kappa shape index (κ3) is 5.49. The summed E-state index contributed by atoms with van der Waals surface area (Å²) in [6.45, 7) is 0.287. The lowest BCUT2D eigenvalue weighted by Crippen LogP contribution is -2.07. The van der Waals surface area contributed by atoms with E-state index in [1.807, 2.05) is 0 Å². The number of oxime groups is 1. The molecule has 96 valence electrons. The van der Waals surface area contributed by atoms with Crippen LogP contribution in [-0.4, -0.2) is 37.1 Å². The average Bonchev–Trinajstić information content (AvgIpc) is 2.71. The fourth-order valence-electron chi connectivity index (χ4n) is 1.80. The number of unbranched alkanes of at least 4 members (excludes halogenated alkanes) is 1. The predicted molar refractivity (Wildman–Crippen MR) is 64.1 cm³/mol. The number of aliphatic carboxylic acids is 1. The van der Waals surface area contributed by atoms with Crippen LogP contribution in [0, 0.1) is 0 Å². The average molecular weight is 241 g/mol. The number of carboxylic acids is 1. The molecule has 0 radical (unpaired) electrons. The molecule has 0 spiro atoms. The van der Waals surface area contributed by atoms with Gasteiger partial charge in [0.05, 0.1) is 5.71 Å². The molecule has 5 nitrogen and oxygen atoms in total. The second-order valence-corrected chi connectivity index (χ2v) is 3.89. The van der Waals surface area contributed by atoms with Crippen molar-refractivity contribution in [2.75, 3.05) is 20.3 Å². The van der Waals surface area contributed by atoms with Crippen molar-refractivity contribution in [2.45, 2.75) is 32.1 Å². The van der Waals surface area contributed by atoms with Crippen LogP contribution in [0.5, 0.6) is 0 Å². The summed E-state index contributed by atoms with van der Waals surface area (Å²) in [6.07, 6.45) is 6.99. The molecule has 0 saturated heterocycles. The minimum absolute atomic E-state index is 0.209. The van der Waals surface area contributed by atoms with Crippen molar-refractivity contribution in [2.24, 2.45) is 5.16 Å². The standard InChI is InChI=1S/C12H19NO4/c1-16-13-11-7-4-6-10(11)5-2-3-8-17-9-12(14)15/h6H,2-5,7-9H2,1H3,(H,14,15)/b13-11+. The van der Waals surface area contributed by atoms with Crippen molar-refractivity contribution in [3.05, 3.63) is 11.6 Å². The van der Waals surface area contributed by atoms with E-state index in [2.05, 4.69) is 11.2 Å². The van der Waals surface area contributed by atoms with Gasteiger partial charge in [0.1, 0.15) is 13.7 Å². The van der Waals surface area contributed by atoms with E-state index in [0.717, 1.165) is 37.8 Å². The lowest BCUT2D eigenvalue weighted by molar-refractivity contribution is -0.142. The Morgan fingerprint density at radius 2 is 2.35 bits per heavy atom. The first kappa shape index (κ1) is 13.7. The third-order valence-corrected chi connectivity index (χ3v) is 2.55. The molecule has 0 unspecified atom stereocenters. The maximum Gasteiger partial charge on any atom is 0.329 e. The molecule has 0 saturated carbocycles. The van der Waals surface area contributed by atoms with Gasteiger partial charge in [-0.1, -0.05) is 11.2 Å². The number of hydrogen-bond donors (Lipinski definition) is 1. The first-order valence-electron chi connectivity index (χ1n) is 5.83.